The lowest BCUT2D eigenvalue weighted by Crippen LogP contribution is -2.16. The number of hydrogen-bond acceptors (Lipinski definition) is 4. The second-order valence-electron chi connectivity index (χ2n) is 4.13. The average molecular weight is 295 g/mol. The molecule has 0 fully saturated rings. The first-order chi connectivity index (χ1) is 9.53. The third-order valence-electron chi connectivity index (χ3n) is 2.62. The topological polar surface area (TPSA) is 71.1 Å². The Labute approximate surface area is 116 Å². The molecule has 0 radical (unpaired) electrons. The monoisotopic (exact) mass is 295 g/mol. The molecule has 0 bridgehead atoms. The highest BCUT2D eigenvalue weighted by atomic mass is 32.2. The lowest BCUT2D eigenvalue weighted by atomic mass is 10.2. The van der Waals surface area contributed by atoms with Crippen LogP contribution in [-0.4, -0.2) is 20.4 Å². The van der Waals surface area contributed by atoms with Gasteiger partial charge in [0.05, 0.1) is 11.9 Å². The van der Waals surface area contributed by atoms with Crippen molar-refractivity contribution in [2.24, 2.45) is 0 Å². The Morgan fingerprint density at radius 1 is 1.25 bits per heavy atom. The van der Waals surface area contributed by atoms with Crippen molar-refractivity contribution in [3.8, 4) is 0 Å². The summed E-state index contributed by atoms with van der Waals surface area (Å²) in [4.78, 5) is 3.33. The maximum Gasteiger partial charge on any atom is 0.263 e. The van der Waals surface area contributed by atoms with Crippen molar-refractivity contribution >= 4 is 15.7 Å². The highest BCUT2D eigenvalue weighted by Gasteiger charge is 2.16. The van der Waals surface area contributed by atoms with E-state index in [9.17, 15) is 12.8 Å². The van der Waals surface area contributed by atoms with E-state index in [4.69, 9.17) is 0 Å². The molecule has 2 rings (SSSR count). The van der Waals surface area contributed by atoms with E-state index >= 15 is 0 Å². The lowest BCUT2D eigenvalue weighted by molar-refractivity contribution is 0.592. The van der Waals surface area contributed by atoms with Gasteiger partial charge in [-0.25, -0.2) is 12.8 Å². The number of sulfonamides is 1. The van der Waals surface area contributed by atoms with Crippen LogP contribution in [0.25, 0.3) is 0 Å². The van der Waals surface area contributed by atoms with Crippen LogP contribution >= 0.6 is 0 Å². The second kappa shape index (κ2) is 5.98. The third-order valence-corrected chi connectivity index (χ3v) is 3.95. The lowest BCUT2D eigenvalue weighted by Gasteiger charge is -2.12. The third kappa shape index (κ3) is 3.31. The van der Waals surface area contributed by atoms with Crippen molar-refractivity contribution in [1.29, 1.82) is 0 Å². The van der Waals surface area contributed by atoms with Crippen molar-refractivity contribution in [3.63, 3.8) is 0 Å². The molecule has 5 nitrogen and oxygen atoms in total. The zero-order valence-electron chi connectivity index (χ0n) is 10.8. The van der Waals surface area contributed by atoms with Gasteiger partial charge in [-0.1, -0.05) is 18.2 Å². The van der Waals surface area contributed by atoms with E-state index in [2.05, 4.69) is 15.0 Å². The number of pyridine rings is 1. The van der Waals surface area contributed by atoms with E-state index in [0.29, 0.717) is 12.2 Å². The first-order valence-electron chi connectivity index (χ1n) is 5.89. The zero-order valence-corrected chi connectivity index (χ0v) is 11.6. The number of nitrogens with zero attached hydrogens (tertiary/aromatic N) is 1. The minimum absolute atomic E-state index is 0.211. The number of nitrogens with one attached hydrogen (secondary N) is 2. The maximum absolute atomic E-state index is 13.1. The van der Waals surface area contributed by atoms with Crippen LogP contribution < -0.4 is 10.0 Å². The van der Waals surface area contributed by atoms with E-state index in [1.54, 1.807) is 25.2 Å². The van der Waals surface area contributed by atoms with Crippen molar-refractivity contribution in [3.05, 3.63) is 54.1 Å². The molecule has 2 N–H and O–H groups in total. The van der Waals surface area contributed by atoms with Gasteiger partial charge >= 0.3 is 0 Å². The Bertz CT molecular complexity index is 704. The Morgan fingerprint density at radius 2 is 2.00 bits per heavy atom. The largest absolute Gasteiger partial charge is 0.316 e. The summed E-state index contributed by atoms with van der Waals surface area (Å²) in [7, 11) is -2.09. The molecule has 2 aromatic rings. The summed E-state index contributed by atoms with van der Waals surface area (Å²) < 4.78 is 39.9. The summed E-state index contributed by atoms with van der Waals surface area (Å²) in [6, 6.07) is 7.92. The van der Waals surface area contributed by atoms with Gasteiger partial charge in [-0.3, -0.25) is 9.71 Å². The number of halogens is 1. The molecule has 1 aromatic carbocycles. The molecule has 0 unspecified atom stereocenters. The summed E-state index contributed by atoms with van der Waals surface area (Å²) in [6.07, 6.45) is 2.06. The molecule has 0 aliphatic heterocycles. The number of benzene rings is 1. The molecule has 20 heavy (non-hydrogen) atoms. The quantitative estimate of drug-likeness (QED) is 0.881. The Balaban J connectivity index is 2.34. The summed E-state index contributed by atoms with van der Waals surface area (Å²) >= 11 is 0. The summed E-state index contributed by atoms with van der Waals surface area (Å²) in [5, 5.41) is 2.95. The molecule has 1 heterocycles. The Morgan fingerprint density at radius 3 is 2.70 bits per heavy atom. The van der Waals surface area contributed by atoms with Crippen molar-refractivity contribution in [1.82, 2.24) is 10.3 Å². The smallest absolute Gasteiger partial charge is 0.263 e. The van der Waals surface area contributed by atoms with Gasteiger partial charge in [0.15, 0.2) is 0 Å². The SMILES string of the molecule is CNCc1ccccc1NS(=O)(=O)c1cncc(F)c1. The van der Waals surface area contributed by atoms with Crippen LogP contribution in [0.1, 0.15) is 5.56 Å². The number of hydrogen-bond donors (Lipinski definition) is 2. The van der Waals surface area contributed by atoms with Crippen molar-refractivity contribution in [2.75, 3.05) is 11.8 Å². The van der Waals surface area contributed by atoms with Gasteiger partial charge in [-0.2, -0.15) is 0 Å². The first-order valence-corrected chi connectivity index (χ1v) is 7.37. The molecule has 0 atom stereocenters. The maximum atomic E-state index is 13.1. The fourth-order valence-electron chi connectivity index (χ4n) is 1.71. The molecule has 0 saturated carbocycles. The van der Waals surface area contributed by atoms with Gasteiger partial charge in [-0.15, -0.1) is 0 Å². The molecule has 7 heteroatoms. The second-order valence-corrected chi connectivity index (χ2v) is 5.81. The van der Waals surface area contributed by atoms with Crippen LogP contribution in [-0.2, 0) is 16.6 Å². The molecule has 0 spiro atoms. The summed E-state index contributed by atoms with van der Waals surface area (Å²) in [5.41, 5.74) is 1.24. The number of para-hydroxylation sites is 1. The van der Waals surface area contributed by atoms with Crippen LogP contribution in [0.4, 0.5) is 10.1 Å². The fourth-order valence-corrected chi connectivity index (χ4v) is 2.78. The summed E-state index contributed by atoms with van der Waals surface area (Å²) in [6.45, 7) is 0.514. The van der Waals surface area contributed by atoms with Crippen molar-refractivity contribution in [2.45, 2.75) is 11.4 Å². The normalized spacial score (nSPS) is 11.3. The number of anilines is 1. The van der Waals surface area contributed by atoms with Gasteiger partial charge in [0.25, 0.3) is 10.0 Å². The van der Waals surface area contributed by atoms with E-state index in [0.717, 1.165) is 24.0 Å². The van der Waals surface area contributed by atoms with Crippen LogP contribution in [0.15, 0.2) is 47.6 Å². The molecule has 0 aliphatic carbocycles. The molecule has 0 saturated heterocycles. The molecular weight excluding hydrogens is 281 g/mol. The fraction of sp³-hybridized carbons (Fsp3) is 0.154. The van der Waals surface area contributed by atoms with Crippen LogP contribution in [0, 0.1) is 5.82 Å². The number of aromatic nitrogens is 1. The molecule has 1 aromatic heterocycles. The van der Waals surface area contributed by atoms with Crippen molar-refractivity contribution < 1.29 is 12.8 Å². The van der Waals surface area contributed by atoms with E-state index in [1.807, 2.05) is 6.07 Å². The van der Waals surface area contributed by atoms with Gasteiger partial charge in [-0.05, 0) is 24.7 Å². The van der Waals surface area contributed by atoms with Crippen LogP contribution in [0.5, 0.6) is 0 Å². The Kier molecular flexibility index (Phi) is 4.31. The predicted molar refractivity (Wildman–Crippen MR) is 74.2 cm³/mol. The van der Waals surface area contributed by atoms with Gasteiger partial charge in [0.1, 0.15) is 10.7 Å². The van der Waals surface area contributed by atoms with E-state index in [1.165, 1.54) is 0 Å². The van der Waals surface area contributed by atoms with E-state index < -0.39 is 15.8 Å². The molecule has 106 valence electrons. The predicted octanol–water partition coefficient (Wildman–Crippen LogP) is 1.74. The highest BCUT2D eigenvalue weighted by Crippen LogP contribution is 2.19. The molecule has 0 aliphatic rings. The first kappa shape index (κ1) is 14.4. The summed E-state index contributed by atoms with van der Waals surface area (Å²) in [5.74, 6) is -0.698. The standard InChI is InChI=1S/C13H14FN3O2S/c1-15-7-10-4-2-3-5-13(10)17-20(18,19)12-6-11(14)8-16-9-12/h2-6,8-9,15,17H,7H2,1H3. The Hall–Kier alpha value is -1.99. The average Bonchev–Trinajstić information content (AvgIpc) is 2.41. The van der Waals surface area contributed by atoms with Gasteiger partial charge in [0.2, 0.25) is 0 Å². The highest BCUT2D eigenvalue weighted by molar-refractivity contribution is 7.92. The minimum Gasteiger partial charge on any atom is -0.316 e. The van der Waals surface area contributed by atoms with Crippen LogP contribution in [0.3, 0.4) is 0 Å². The molecular formula is C13H14FN3O2S. The minimum atomic E-state index is -3.86. The van der Waals surface area contributed by atoms with Gasteiger partial charge < -0.3 is 5.32 Å². The molecule has 0 amide bonds. The van der Waals surface area contributed by atoms with Crippen LogP contribution in [0.2, 0.25) is 0 Å². The van der Waals surface area contributed by atoms with E-state index in [-0.39, 0.29) is 4.90 Å². The number of rotatable bonds is 5. The zero-order chi connectivity index (χ0) is 14.6. The van der Waals surface area contributed by atoms with Gasteiger partial charge in [0, 0.05) is 12.7 Å².